The van der Waals surface area contributed by atoms with Crippen LogP contribution >= 0.6 is 11.8 Å². The van der Waals surface area contributed by atoms with Gasteiger partial charge < -0.3 is 5.11 Å². The van der Waals surface area contributed by atoms with E-state index >= 15 is 0 Å². The summed E-state index contributed by atoms with van der Waals surface area (Å²) < 4.78 is 0. The predicted molar refractivity (Wildman–Crippen MR) is 80.8 cm³/mol. The van der Waals surface area contributed by atoms with E-state index in [1.54, 1.807) is 24.5 Å². The normalized spacial score (nSPS) is 16.8. The van der Waals surface area contributed by atoms with Crippen molar-refractivity contribution in [2.45, 2.75) is 0 Å². The van der Waals surface area contributed by atoms with Crippen molar-refractivity contribution in [1.29, 1.82) is 0 Å². The zero-order chi connectivity index (χ0) is 14.8. The van der Waals surface area contributed by atoms with Crippen LogP contribution in [0.3, 0.4) is 0 Å². The predicted octanol–water partition coefficient (Wildman–Crippen LogP) is 3.03. The molecule has 6 heteroatoms. The first-order chi connectivity index (χ1) is 10.1. The second-order valence-corrected chi connectivity index (χ2v) is 5.31. The zero-order valence-corrected chi connectivity index (χ0v) is 11.6. The van der Waals surface area contributed by atoms with Crippen molar-refractivity contribution in [3.05, 3.63) is 59.3 Å². The van der Waals surface area contributed by atoms with Gasteiger partial charge in [-0.1, -0.05) is 6.07 Å². The first-order valence-corrected chi connectivity index (χ1v) is 6.94. The van der Waals surface area contributed by atoms with E-state index in [2.05, 4.69) is 4.98 Å². The number of anilines is 1. The summed E-state index contributed by atoms with van der Waals surface area (Å²) in [5.74, 6) is -0.295. The Labute approximate surface area is 124 Å². The Balaban J connectivity index is 1.92. The van der Waals surface area contributed by atoms with Crippen molar-refractivity contribution >= 4 is 34.7 Å². The van der Waals surface area contributed by atoms with Crippen LogP contribution in [0.25, 0.3) is 6.08 Å². The topological polar surface area (TPSA) is 70.5 Å². The highest BCUT2D eigenvalue weighted by Gasteiger charge is 2.36. The lowest BCUT2D eigenvalue weighted by Crippen LogP contribution is -2.27. The number of aromatic hydroxyl groups is 1. The number of amides is 2. The molecule has 0 radical (unpaired) electrons. The zero-order valence-electron chi connectivity index (χ0n) is 10.8. The average Bonchev–Trinajstić information content (AvgIpc) is 2.76. The number of carbonyl (C=O) groups excluding carboxylic acids is 2. The van der Waals surface area contributed by atoms with Gasteiger partial charge >= 0.3 is 0 Å². The summed E-state index contributed by atoms with van der Waals surface area (Å²) in [7, 11) is 0. The number of phenolic OH excluding ortho intramolecular Hbond substituents is 1. The molecular formula is C15H10N2O3S. The number of aromatic nitrogens is 1. The lowest BCUT2D eigenvalue weighted by Gasteiger charge is -2.12. The quantitative estimate of drug-likeness (QED) is 0.863. The van der Waals surface area contributed by atoms with Crippen molar-refractivity contribution in [3.63, 3.8) is 0 Å². The third-order valence-electron chi connectivity index (χ3n) is 2.88. The fourth-order valence-electron chi connectivity index (χ4n) is 1.90. The molecule has 2 aromatic rings. The molecule has 1 aliphatic rings. The molecule has 0 spiro atoms. The number of pyridine rings is 1. The molecule has 5 nitrogen and oxygen atoms in total. The van der Waals surface area contributed by atoms with Crippen LogP contribution in [0.5, 0.6) is 5.75 Å². The number of carbonyl (C=O) groups is 2. The summed E-state index contributed by atoms with van der Waals surface area (Å²) >= 11 is 0.884. The Kier molecular flexibility index (Phi) is 3.45. The second kappa shape index (κ2) is 5.41. The molecule has 2 heterocycles. The molecule has 104 valence electrons. The van der Waals surface area contributed by atoms with Crippen LogP contribution in [0.15, 0.2) is 53.7 Å². The number of nitrogens with zero attached hydrogens (tertiary/aromatic N) is 2. The number of phenols is 1. The minimum Gasteiger partial charge on any atom is -0.508 e. The van der Waals surface area contributed by atoms with Crippen LogP contribution in [0, 0.1) is 0 Å². The van der Waals surface area contributed by atoms with Crippen LogP contribution in [0.4, 0.5) is 10.5 Å². The van der Waals surface area contributed by atoms with Crippen LogP contribution in [0.1, 0.15) is 5.56 Å². The molecule has 2 amide bonds. The SMILES string of the molecule is O=C1SC(=Cc2cccnc2)C(=O)N1c1ccc(O)cc1. The van der Waals surface area contributed by atoms with Crippen molar-refractivity contribution in [2.75, 3.05) is 4.90 Å². The van der Waals surface area contributed by atoms with Gasteiger partial charge in [-0.2, -0.15) is 0 Å². The van der Waals surface area contributed by atoms with E-state index in [-0.39, 0.29) is 16.9 Å². The van der Waals surface area contributed by atoms with E-state index in [0.29, 0.717) is 10.6 Å². The Morgan fingerprint density at radius 3 is 2.57 bits per heavy atom. The summed E-state index contributed by atoms with van der Waals surface area (Å²) in [5.41, 5.74) is 1.19. The lowest BCUT2D eigenvalue weighted by atomic mass is 10.2. The van der Waals surface area contributed by atoms with Gasteiger partial charge in [-0.25, -0.2) is 4.90 Å². The van der Waals surface area contributed by atoms with Crippen LogP contribution in [0.2, 0.25) is 0 Å². The van der Waals surface area contributed by atoms with Crippen molar-refractivity contribution in [2.24, 2.45) is 0 Å². The smallest absolute Gasteiger partial charge is 0.298 e. The van der Waals surface area contributed by atoms with Crippen LogP contribution < -0.4 is 4.90 Å². The lowest BCUT2D eigenvalue weighted by molar-refractivity contribution is -0.113. The molecule has 0 atom stereocenters. The van der Waals surface area contributed by atoms with Crippen LogP contribution in [-0.2, 0) is 4.79 Å². The Bertz CT molecular complexity index is 726. The van der Waals surface area contributed by atoms with Crippen molar-refractivity contribution in [3.8, 4) is 5.75 Å². The van der Waals surface area contributed by atoms with Gasteiger partial charge in [0.1, 0.15) is 5.75 Å². The molecule has 1 aliphatic heterocycles. The highest BCUT2D eigenvalue weighted by atomic mass is 32.2. The van der Waals surface area contributed by atoms with E-state index in [0.717, 1.165) is 22.2 Å². The van der Waals surface area contributed by atoms with E-state index in [4.69, 9.17) is 0 Å². The maximum atomic E-state index is 12.3. The molecule has 1 aromatic heterocycles. The average molecular weight is 298 g/mol. The fourth-order valence-corrected chi connectivity index (χ4v) is 2.75. The number of hydrogen-bond donors (Lipinski definition) is 1. The van der Waals surface area contributed by atoms with Gasteiger partial charge in [0.25, 0.3) is 11.1 Å². The van der Waals surface area contributed by atoms with Gasteiger partial charge in [0.2, 0.25) is 0 Å². The molecule has 0 unspecified atom stereocenters. The third-order valence-corrected chi connectivity index (χ3v) is 3.75. The van der Waals surface area contributed by atoms with Crippen molar-refractivity contribution in [1.82, 2.24) is 4.98 Å². The van der Waals surface area contributed by atoms with E-state index in [1.807, 2.05) is 6.07 Å². The first-order valence-electron chi connectivity index (χ1n) is 6.12. The summed E-state index contributed by atoms with van der Waals surface area (Å²) in [4.78, 5) is 29.8. The van der Waals surface area contributed by atoms with Gasteiger partial charge in [-0.05, 0) is 53.7 Å². The molecule has 1 saturated heterocycles. The molecule has 0 bridgehead atoms. The van der Waals surface area contributed by atoms with Gasteiger partial charge in [0.15, 0.2) is 0 Å². The van der Waals surface area contributed by atoms with Gasteiger partial charge in [-0.15, -0.1) is 0 Å². The number of rotatable bonds is 2. The third kappa shape index (κ3) is 2.66. The second-order valence-electron chi connectivity index (χ2n) is 4.32. The summed E-state index contributed by atoms with van der Waals surface area (Å²) in [6.45, 7) is 0. The van der Waals surface area contributed by atoms with Gasteiger partial charge in [0.05, 0.1) is 10.6 Å². The summed E-state index contributed by atoms with van der Waals surface area (Å²) in [6.07, 6.45) is 4.90. The highest BCUT2D eigenvalue weighted by Crippen LogP contribution is 2.35. The summed E-state index contributed by atoms with van der Waals surface area (Å²) in [6, 6.07) is 9.49. The van der Waals surface area contributed by atoms with E-state index < -0.39 is 0 Å². The number of thioether (sulfide) groups is 1. The Morgan fingerprint density at radius 2 is 1.90 bits per heavy atom. The number of imide groups is 1. The highest BCUT2D eigenvalue weighted by molar-refractivity contribution is 8.19. The van der Waals surface area contributed by atoms with Gasteiger partial charge in [0, 0.05) is 12.4 Å². The van der Waals surface area contributed by atoms with Gasteiger partial charge in [-0.3, -0.25) is 14.6 Å². The molecule has 0 aliphatic carbocycles. The Hall–Kier alpha value is -2.60. The molecule has 1 N–H and O–H groups in total. The maximum Gasteiger partial charge on any atom is 0.298 e. The maximum absolute atomic E-state index is 12.3. The minimum absolute atomic E-state index is 0.0802. The van der Waals surface area contributed by atoms with Crippen molar-refractivity contribution < 1.29 is 14.7 Å². The molecular weight excluding hydrogens is 288 g/mol. The summed E-state index contributed by atoms with van der Waals surface area (Å²) in [5, 5.41) is 8.91. The first kappa shape index (κ1) is 13.4. The molecule has 3 rings (SSSR count). The number of hydrogen-bond acceptors (Lipinski definition) is 5. The molecule has 0 saturated carbocycles. The molecule has 21 heavy (non-hydrogen) atoms. The Morgan fingerprint density at radius 1 is 1.14 bits per heavy atom. The van der Waals surface area contributed by atoms with E-state index in [1.165, 1.54) is 24.3 Å². The van der Waals surface area contributed by atoms with Crippen LogP contribution in [-0.4, -0.2) is 21.2 Å². The minimum atomic E-state index is -0.375. The largest absolute Gasteiger partial charge is 0.508 e. The fraction of sp³-hybridized carbons (Fsp3) is 0. The number of benzene rings is 1. The monoisotopic (exact) mass is 298 g/mol. The molecule has 1 fully saturated rings. The standard InChI is InChI=1S/C15H10N2O3S/c18-12-5-3-11(4-6-12)17-14(19)13(21-15(17)20)8-10-2-1-7-16-9-10/h1-9,18H. The molecule has 1 aromatic carbocycles. The van der Waals surface area contributed by atoms with E-state index in [9.17, 15) is 14.7 Å².